The molecule has 0 fully saturated rings. The number of hydrogen-bond donors (Lipinski definition) is 3. The van der Waals surface area contributed by atoms with Crippen molar-refractivity contribution in [1.29, 1.82) is 0 Å². The van der Waals surface area contributed by atoms with E-state index in [2.05, 4.69) is 0 Å². The number of benzene rings is 1. The molecule has 0 spiro atoms. The zero-order valence-corrected chi connectivity index (χ0v) is 12.7. The van der Waals surface area contributed by atoms with Crippen molar-refractivity contribution >= 4 is 71.1 Å². The summed E-state index contributed by atoms with van der Waals surface area (Å²) in [4.78, 5) is 22.7. The summed E-state index contributed by atoms with van der Waals surface area (Å²) >= 11 is 0. The molecule has 0 aliphatic carbocycles. The van der Waals surface area contributed by atoms with Crippen LogP contribution >= 0.6 is 0 Å². The van der Waals surface area contributed by atoms with Crippen LogP contribution in [0.4, 0.5) is 0 Å². The third-order valence-corrected chi connectivity index (χ3v) is 3.08. The van der Waals surface area contributed by atoms with Crippen LogP contribution in [0.1, 0.15) is 19.4 Å². The Morgan fingerprint density at radius 3 is 2.00 bits per heavy atom. The van der Waals surface area contributed by atoms with E-state index in [-0.39, 0.29) is 82.6 Å². The third kappa shape index (κ3) is 8.16. The molecule has 1 aromatic carbocycles. The average molecular weight is 355 g/mol. The minimum atomic E-state index is -1.21. The quantitative estimate of drug-likeness (QED) is 0.460. The molecule has 4 N–H and O–H groups in total. The number of rotatable bonds is 8. The van der Waals surface area contributed by atoms with Gasteiger partial charge in [-0.15, -0.1) is 0 Å². The molecule has 124 valence electrons. The van der Waals surface area contributed by atoms with E-state index in [1.807, 2.05) is 0 Å². The zero-order chi connectivity index (χ0) is 16.7. The van der Waals surface area contributed by atoms with E-state index in [9.17, 15) is 19.8 Å². The van der Waals surface area contributed by atoms with E-state index in [4.69, 9.17) is 10.5 Å². The SMILES string of the molecule is CC(C)/C(C(=O)O)=C(\Cc1ccc(OCCN)cc1)C(=O)O.[NaH].[NaH]. The Labute approximate surface area is 186 Å². The number of hydrogen-bond acceptors (Lipinski definition) is 4. The van der Waals surface area contributed by atoms with Crippen LogP contribution in [-0.4, -0.2) is 94.4 Å². The Morgan fingerprint density at radius 1 is 1.08 bits per heavy atom. The van der Waals surface area contributed by atoms with Crippen LogP contribution < -0.4 is 10.5 Å². The number of ether oxygens (including phenoxy) is 1. The second kappa shape index (κ2) is 12.9. The fraction of sp³-hybridized carbons (Fsp3) is 0.375. The van der Waals surface area contributed by atoms with Crippen LogP contribution in [0.3, 0.4) is 0 Å². The van der Waals surface area contributed by atoms with E-state index in [1.54, 1.807) is 38.1 Å². The minimum absolute atomic E-state index is 0. The summed E-state index contributed by atoms with van der Waals surface area (Å²) in [5.74, 6) is -2.15. The fourth-order valence-electron chi connectivity index (χ4n) is 2.09. The van der Waals surface area contributed by atoms with Crippen LogP contribution in [-0.2, 0) is 16.0 Å². The molecule has 0 bridgehead atoms. The van der Waals surface area contributed by atoms with Crippen LogP contribution in [0.15, 0.2) is 35.4 Å². The molecule has 6 nitrogen and oxygen atoms in total. The van der Waals surface area contributed by atoms with Crippen LogP contribution in [0.2, 0.25) is 0 Å². The summed E-state index contributed by atoms with van der Waals surface area (Å²) in [7, 11) is 0. The van der Waals surface area contributed by atoms with E-state index in [0.29, 0.717) is 24.5 Å². The standard InChI is InChI=1S/C16H21NO5.2Na.2H/c1-10(2)14(16(20)21)13(15(18)19)9-11-3-5-12(6-4-11)22-8-7-17;;;;/h3-6,10H,7-9,17H2,1-2H3,(H,18,19)(H,20,21);;;;/b14-13-;;;;. The third-order valence-electron chi connectivity index (χ3n) is 3.08. The normalized spacial score (nSPS) is 11.0. The number of nitrogens with two attached hydrogens (primary N) is 1. The summed E-state index contributed by atoms with van der Waals surface area (Å²) < 4.78 is 5.34. The Bertz CT molecular complexity index is 570. The molecule has 0 unspecified atom stereocenters. The van der Waals surface area contributed by atoms with E-state index < -0.39 is 11.9 Å². The predicted molar refractivity (Wildman–Crippen MR) is 96.1 cm³/mol. The average Bonchev–Trinajstić information content (AvgIpc) is 2.44. The Hall–Kier alpha value is -0.340. The van der Waals surface area contributed by atoms with Gasteiger partial charge in [-0.3, -0.25) is 0 Å². The first kappa shape index (κ1) is 25.9. The van der Waals surface area contributed by atoms with Gasteiger partial charge in [-0.25, -0.2) is 9.59 Å². The topological polar surface area (TPSA) is 110 Å². The number of carboxylic acids is 2. The van der Waals surface area contributed by atoms with E-state index in [1.165, 1.54) is 0 Å². The molecule has 0 aromatic heterocycles. The van der Waals surface area contributed by atoms with Crippen molar-refractivity contribution in [2.75, 3.05) is 13.2 Å². The van der Waals surface area contributed by atoms with Crippen molar-refractivity contribution in [3.8, 4) is 5.75 Å². The maximum absolute atomic E-state index is 11.4. The summed E-state index contributed by atoms with van der Waals surface area (Å²) in [5.41, 5.74) is 5.88. The zero-order valence-electron chi connectivity index (χ0n) is 12.7. The predicted octanol–water partition coefficient (Wildman–Crippen LogP) is 0.391. The Morgan fingerprint density at radius 2 is 1.62 bits per heavy atom. The molecular weight excluding hydrogens is 332 g/mol. The Kier molecular flexibility index (Phi) is 14.0. The van der Waals surface area contributed by atoms with Crippen molar-refractivity contribution in [2.45, 2.75) is 20.3 Å². The molecule has 0 saturated carbocycles. The van der Waals surface area contributed by atoms with Crippen molar-refractivity contribution in [3.63, 3.8) is 0 Å². The molecule has 0 heterocycles. The first-order chi connectivity index (χ1) is 10.4. The fourth-order valence-corrected chi connectivity index (χ4v) is 2.09. The van der Waals surface area contributed by atoms with Crippen LogP contribution in [0.25, 0.3) is 0 Å². The van der Waals surface area contributed by atoms with Crippen LogP contribution in [0, 0.1) is 5.92 Å². The van der Waals surface area contributed by atoms with Gasteiger partial charge in [-0.1, -0.05) is 26.0 Å². The summed E-state index contributed by atoms with van der Waals surface area (Å²) in [6.45, 7) is 4.13. The Balaban J connectivity index is 0. The second-order valence-electron chi connectivity index (χ2n) is 5.12. The first-order valence-electron chi connectivity index (χ1n) is 6.98. The van der Waals surface area contributed by atoms with Crippen molar-refractivity contribution < 1.29 is 24.5 Å². The monoisotopic (exact) mass is 355 g/mol. The van der Waals surface area contributed by atoms with Gasteiger partial charge < -0.3 is 20.7 Å². The van der Waals surface area contributed by atoms with Gasteiger partial charge in [0.05, 0.1) is 11.1 Å². The van der Waals surface area contributed by atoms with Gasteiger partial charge in [0.25, 0.3) is 0 Å². The molecule has 0 radical (unpaired) electrons. The number of carbonyl (C=O) groups is 2. The van der Waals surface area contributed by atoms with Gasteiger partial charge in [0.1, 0.15) is 12.4 Å². The molecule has 0 aliphatic heterocycles. The van der Waals surface area contributed by atoms with Gasteiger partial charge >= 0.3 is 71.1 Å². The van der Waals surface area contributed by atoms with Gasteiger partial charge in [-0.05, 0) is 23.6 Å². The summed E-state index contributed by atoms with van der Waals surface area (Å²) in [6.07, 6.45) is 0.0479. The second-order valence-corrected chi connectivity index (χ2v) is 5.12. The molecule has 1 aromatic rings. The van der Waals surface area contributed by atoms with Crippen molar-refractivity contribution in [1.82, 2.24) is 0 Å². The summed E-state index contributed by atoms with van der Waals surface area (Å²) in [5, 5.41) is 18.5. The molecule has 0 saturated heterocycles. The van der Waals surface area contributed by atoms with Crippen LogP contribution in [0.5, 0.6) is 5.75 Å². The molecular formula is C16H23NNa2O5. The molecule has 1 rings (SSSR count). The number of aliphatic carboxylic acids is 2. The molecule has 24 heavy (non-hydrogen) atoms. The van der Waals surface area contributed by atoms with Crippen molar-refractivity contribution in [3.05, 3.63) is 41.0 Å². The van der Waals surface area contributed by atoms with Crippen molar-refractivity contribution in [2.24, 2.45) is 11.7 Å². The van der Waals surface area contributed by atoms with E-state index >= 15 is 0 Å². The number of carboxylic acid groups (broad SMARTS) is 2. The van der Waals surface area contributed by atoms with E-state index in [0.717, 1.165) is 0 Å². The molecule has 8 heteroatoms. The first-order valence-corrected chi connectivity index (χ1v) is 6.98. The maximum atomic E-state index is 11.4. The van der Waals surface area contributed by atoms with Gasteiger partial charge in [0, 0.05) is 13.0 Å². The molecule has 0 atom stereocenters. The summed E-state index contributed by atoms with van der Waals surface area (Å²) in [6, 6.07) is 6.85. The molecule has 0 amide bonds. The molecule has 0 aliphatic rings. The van der Waals surface area contributed by atoms with Gasteiger partial charge in [-0.2, -0.15) is 0 Å². The van der Waals surface area contributed by atoms with Gasteiger partial charge in [0.2, 0.25) is 0 Å². The van der Waals surface area contributed by atoms with Gasteiger partial charge in [0.15, 0.2) is 0 Å².